The number of likely N-dealkylation sites (tertiary alicyclic amines) is 1. The molecular weight excluding hydrogens is 400 g/mol. The zero-order valence-electron chi connectivity index (χ0n) is 16.6. The van der Waals surface area contributed by atoms with Crippen molar-refractivity contribution in [2.45, 2.75) is 18.6 Å². The highest BCUT2D eigenvalue weighted by Gasteiger charge is 2.20. The van der Waals surface area contributed by atoms with Crippen molar-refractivity contribution in [3.05, 3.63) is 60.5 Å². The first-order valence-corrected chi connectivity index (χ1v) is 11.2. The van der Waals surface area contributed by atoms with Gasteiger partial charge in [0.05, 0.1) is 23.6 Å². The van der Waals surface area contributed by atoms with Gasteiger partial charge in [0.1, 0.15) is 5.75 Å². The monoisotopic (exact) mass is 424 g/mol. The number of amides is 2. The normalized spacial score (nSPS) is 13.4. The van der Waals surface area contributed by atoms with Crippen LogP contribution in [0.4, 0.5) is 10.5 Å². The second-order valence-electron chi connectivity index (χ2n) is 6.88. The number of ether oxygens (including phenoxy) is 1. The summed E-state index contributed by atoms with van der Waals surface area (Å²) in [6.45, 7) is 2.20. The second kappa shape index (κ2) is 10.2. The lowest BCUT2D eigenvalue weighted by Gasteiger charge is -2.17. The molecule has 2 aromatic carbocycles. The van der Waals surface area contributed by atoms with Crippen LogP contribution in [0.15, 0.2) is 59.0 Å². The van der Waals surface area contributed by atoms with Crippen LogP contribution in [0.5, 0.6) is 5.75 Å². The molecule has 0 unspecified atom stereocenters. The maximum atomic E-state index is 12.4. The number of hydrogen-bond donors (Lipinski definition) is 1. The molecular formula is C22H24N4O3S. The van der Waals surface area contributed by atoms with Crippen molar-refractivity contribution in [1.29, 1.82) is 0 Å². The molecule has 4 rings (SSSR count). The van der Waals surface area contributed by atoms with Crippen LogP contribution in [0.1, 0.15) is 18.7 Å². The number of urea groups is 1. The van der Waals surface area contributed by atoms with Crippen LogP contribution < -0.4 is 10.1 Å². The molecule has 0 bridgehead atoms. The summed E-state index contributed by atoms with van der Waals surface area (Å²) in [5.41, 5.74) is 1.40. The first kappa shape index (κ1) is 20.3. The van der Waals surface area contributed by atoms with Crippen LogP contribution in [0, 0.1) is 0 Å². The number of rotatable bonds is 8. The largest absolute Gasteiger partial charge is 0.493 e. The Kier molecular flexibility index (Phi) is 6.87. The minimum atomic E-state index is -0.0892. The van der Waals surface area contributed by atoms with E-state index in [-0.39, 0.29) is 6.03 Å². The number of hydrogen-bond acceptors (Lipinski definition) is 6. The summed E-state index contributed by atoms with van der Waals surface area (Å²) in [6.07, 6.45) is 2.10. The molecule has 1 aromatic heterocycles. The molecule has 1 aliphatic rings. The Bertz CT molecular complexity index is 958. The van der Waals surface area contributed by atoms with Crippen molar-refractivity contribution in [3.8, 4) is 17.2 Å². The van der Waals surface area contributed by atoms with Gasteiger partial charge in [-0.05, 0) is 37.1 Å². The fourth-order valence-electron chi connectivity index (χ4n) is 3.21. The number of carbonyl (C=O) groups excluding carboxylic acids is 1. The van der Waals surface area contributed by atoms with Crippen molar-refractivity contribution >= 4 is 23.5 Å². The number of benzene rings is 2. The van der Waals surface area contributed by atoms with E-state index >= 15 is 0 Å². The standard InChI is InChI=1S/C22H24N4O3S/c27-22(26-12-6-7-13-26)23-19-11-5-4-10-18(19)21-25-24-20(29-21)16-30-15-14-28-17-8-2-1-3-9-17/h1-5,8-11H,6-7,12-16H2,(H,23,27). The first-order chi connectivity index (χ1) is 14.8. The van der Waals surface area contributed by atoms with Gasteiger partial charge in [0, 0.05) is 18.8 Å². The Hall–Kier alpha value is -3.00. The van der Waals surface area contributed by atoms with Crippen molar-refractivity contribution < 1.29 is 13.9 Å². The van der Waals surface area contributed by atoms with Gasteiger partial charge in [-0.1, -0.05) is 30.3 Å². The highest BCUT2D eigenvalue weighted by Crippen LogP contribution is 2.28. The molecule has 7 nitrogen and oxygen atoms in total. The summed E-state index contributed by atoms with van der Waals surface area (Å²) in [7, 11) is 0. The van der Waals surface area contributed by atoms with Crippen LogP contribution in [-0.2, 0) is 5.75 Å². The average Bonchev–Trinajstić information content (AvgIpc) is 3.47. The summed E-state index contributed by atoms with van der Waals surface area (Å²) in [5.74, 6) is 3.24. The fraction of sp³-hybridized carbons (Fsp3) is 0.318. The molecule has 3 aromatic rings. The van der Waals surface area contributed by atoms with Crippen LogP contribution in [-0.4, -0.2) is 46.6 Å². The zero-order valence-corrected chi connectivity index (χ0v) is 17.4. The predicted molar refractivity (Wildman–Crippen MR) is 118 cm³/mol. The summed E-state index contributed by atoms with van der Waals surface area (Å²) < 4.78 is 11.5. The number of nitrogens with one attached hydrogen (secondary N) is 1. The van der Waals surface area contributed by atoms with E-state index in [1.807, 2.05) is 59.5 Å². The Morgan fingerprint density at radius 1 is 1.07 bits per heavy atom. The summed E-state index contributed by atoms with van der Waals surface area (Å²) >= 11 is 1.67. The molecule has 2 amide bonds. The van der Waals surface area contributed by atoms with E-state index < -0.39 is 0 Å². The number of nitrogens with zero attached hydrogens (tertiary/aromatic N) is 3. The zero-order chi connectivity index (χ0) is 20.6. The molecule has 0 spiro atoms. The van der Waals surface area contributed by atoms with Gasteiger partial charge < -0.3 is 19.4 Å². The minimum Gasteiger partial charge on any atom is -0.493 e. The van der Waals surface area contributed by atoms with Gasteiger partial charge in [0.15, 0.2) is 0 Å². The van der Waals surface area contributed by atoms with E-state index in [0.717, 1.165) is 43.0 Å². The minimum absolute atomic E-state index is 0.0892. The number of aromatic nitrogens is 2. The molecule has 30 heavy (non-hydrogen) atoms. The highest BCUT2D eigenvalue weighted by atomic mass is 32.2. The SMILES string of the molecule is O=C(Nc1ccccc1-c1nnc(CSCCOc2ccccc2)o1)N1CCCC1. The molecule has 0 aliphatic carbocycles. The second-order valence-corrected chi connectivity index (χ2v) is 7.99. The molecule has 0 atom stereocenters. The predicted octanol–water partition coefficient (Wildman–Crippen LogP) is 4.68. The number of thioether (sulfide) groups is 1. The third kappa shape index (κ3) is 5.33. The Labute approximate surface area is 179 Å². The third-order valence-corrected chi connectivity index (χ3v) is 5.63. The lowest BCUT2D eigenvalue weighted by molar-refractivity contribution is 0.222. The van der Waals surface area contributed by atoms with Gasteiger partial charge in [-0.15, -0.1) is 22.0 Å². The van der Waals surface area contributed by atoms with Gasteiger partial charge >= 0.3 is 6.03 Å². The number of para-hydroxylation sites is 2. The highest BCUT2D eigenvalue weighted by molar-refractivity contribution is 7.98. The quantitative estimate of drug-likeness (QED) is 0.529. The lowest BCUT2D eigenvalue weighted by Crippen LogP contribution is -2.32. The molecule has 1 saturated heterocycles. The van der Waals surface area contributed by atoms with Gasteiger partial charge in [-0.2, -0.15) is 0 Å². The van der Waals surface area contributed by atoms with E-state index in [0.29, 0.717) is 29.8 Å². The van der Waals surface area contributed by atoms with E-state index in [4.69, 9.17) is 9.15 Å². The number of anilines is 1. The number of carbonyl (C=O) groups is 1. The summed E-state index contributed by atoms with van der Waals surface area (Å²) in [4.78, 5) is 14.3. The van der Waals surface area contributed by atoms with Crippen molar-refractivity contribution in [2.24, 2.45) is 0 Å². The van der Waals surface area contributed by atoms with Crippen LogP contribution in [0.2, 0.25) is 0 Å². The molecule has 1 aliphatic heterocycles. The molecule has 8 heteroatoms. The first-order valence-electron chi connectivity index (χ1n) is 10.0. The maximum absolute atomic E-state index is 12.4. The Morgan fingerprint density at radius 3 is 2.67 bits per heavy atom. The van der Waals surface area contributed by atoms with Gasteiger partial charge in [-0.25, -0.2) is 4.79 Å². The van der Waals surface area contributed by atoms with Crippen molar-refractivity contribution in [1.82, 2.24) is 15.1 Å². The van der Waals surface area contributed by atoms with Crippen molar-refractivity contribution in [3.63, 3.8) is 0 Å². The van der Waals surface area contributed by atoms with Gasteiger partial charge in [0.2, 0.25) is 11.8 Å². The average molecular weight is 425 g/mol. The smallest absolute Gasteiger partial charge is 0.321 e. The van der Waals surface area contributed by atoms with Crippen molar-refractivity contribution in [2.75, 3.05) is 30.8 Å². The molecule has 2 heterocycles. The van der Waals surface area contributed by atoms with E-state index in [1.165, 1.54) is 0 Å². The van der Waals surface area contributed by atoms with E-state index in [2.05, 4.69) is 15.5 Å². The van der Waals surface area contributed by atoms with E-state index in [1.54, 1.807) is 11.8 Å². The van der Waals surface area contributed by atoms with E-state index in [9.17, 15) is 4.79 Å². The summed E-state index contributed by atoms with van der Waals surface area (Å²) in [5, 5.41) is 11.3. The molecule has 0 radical (unpaired) electrons. The van der Waals surface area contributed by atoms with Gasteiger partial charge in [0.25, 0.3) is 0 Å². The van der Waals surface area contributed by atoms with Crippen LogP contribution in [0.3, 0.4) is 0 Å². The van der Waals surface area contributed by atoms with Gasteiger partial charge in [-0.3, -0.25) is 0 Å². The Morgan fingerprint density at radius 2 is 1.83 bits per heavy atom. The van der Waals surface area contributed by atoms with Crippen LogP contribution in [0.25, 0.3) is 11.5 Å². The lowest BCUT2D eigenvalue weighted by atomic mass is 10.2. The molecule has 1 fully saturated rings. The Balaban J connectivity index is 1.30. The fourth-order valence-corrected chi connectivity index (χ4v) is 3.85. The molecule has 0 saturated carbocycles. The maximum Gasteiger partial charge on any atom is 0.321 e. The molecule has 1 N–H and O–H groups in total. The van der Waals surface area contributed by atoms with Crippen LogP contribution >= 0.6 is 11.8 Å². The summed E-state index contributed by atoms with van der Waals surface area (Å²) in [6, 6.07) is 17.1. The molecule has 156 valence electrons. The topological polar surface area (TPSA) is 80.5 Å². The third-order valence-electron chi connectivity index (χ3n) is 4.72.